The van der Waals surface area contributed by atoms with Crippen molar-refractivity contribution in [3.05, 3.63) is 93.2 Å². The summed E-state index contributed by atoms with van der Waals surface area (Å²) >= 11 is 6.28. The molecule has 0 radical (unpaired) electrons. The van der Waals surface area contributed by atoms with E-state index < -0.39 is 0 Å². The van der Waals surface area contributed by atoms with Gasteiger partial charge in [-0.3, -0.25) is 9.69 Å². The van der Waals surface area contributed by atoms with Crippen LogP contribution >= 0.6 is 11.6 Å². The molecule has 3 aromatic carbocycles. The molecule has 0 aliphatic carbocycles. The van der Waals surface area contributed by atoms with Crippen molar-refractivity contribution in [2.75, 3.05) is 13.8 Å². The summed E-state index contributed by atoms with van der Waals surface area (Å²) in [6.07, 6.45) is 1.70. The van der Waals surface area contributed by atoms with Gasteiger partial charge >= 0.3 is 0 Å². The zero-order valence-corrected chi connectivity index (χ0v) is 18.6. The second-order valence-electron chi connectivity index (χ2n) is 7.94. The smallest absolute Gasteiger partial charge is 0.232 e. The number of hydrogen-bond donors (Lipinski definition) is 0. The van der Waals surface area contributed by atoms with E-state index in [0.717, 1.165) is 33.8 Å². The van der Waals surface area contributed by atoms with Crippen LogP contribution < -0.4 is 14.2 Å². The van der Waals surface area contributed by atoms with Crippen molar-refractivity contribution in [3.63, 3.8) is 0 Å². The van der Waals surface area contributed by atoms with Gasteiger partial charge < -0.3 is 14.2 Å². The maximum absolute atomic E-state index is 13.1. The minimum Gasteiger partial charge on any atom is -0.497 e. The van der Waals surface area contributed by atoms with Crippen molar-refractivity contribution in [2.45, 2.75) is 20.0 Å². The Bertz CT molecular complexity index is 1230. The molecule has 6 heteroatoms. The molecule has 0 N–H and O–H groups in total. The summed E-state index contributed by atoms with van der Waals surface area (Å²) < 4.78 is 17.4. The van der Waals surface area contributed by atoms with Crippen LogP contribution in [0, 0.1) is 6.92 Å². The number of carbonyl (C=O) groups is 1. The Hall–Kier alpha value is -3.28. The fourth-order valence-corrected chi connectivity index (χ4v) is 4.29. The lowest BCUT2D eigenvalue weighted by atomic mass is 9.98. The van der Waals surface area contributed by atoms with Crippen molar-refractivity contribution in [1.29, 1.82) is 0 Å². The summed E-state index contributed by atoms with van der Waals surface area (Å²) in [5.74, 6) is 2.32. The van der Waals surface area contributed by atoms with E-state index in [-0.39, 0.29) is 11.5 Å². The molecule has 2 heterocycles. The quantitative estimate of drug-likeness (QED) is 0.485. The standard InChI is InChI=1S/C26H22ClNO4/c1-16-11-22-20(14-28(15-31-22)13-17-7-9-19(30-2)10-8-17)26-24(16)25(29)23(32-26)12-18-5-3-4-6-21(18)27/h3-12H,13-15H2,1-2H3/b23-12-. The van der Waals surface area contributed by atoms with E-state index in [9.17, 15) is 4.79 Å². The Morgan fingerprint density at radius 3 is 2.69 bits per heavy atom. The monoisotopic (exact) mass is 447 g/mol. The van der Waals surface area contributed by atoms with Crippen molar-refractivity contribution in [3.8, 4) is 17.2 Å². The molecule has 162 valence electrons. The van der Waals surface area contributed by atoms with Gasteiger partial charge in [-0.25, -0.2) is 0 Å². The van der Waals surface area contributed by atoms with Crippen LogP contribution in [0.3, 0.4) is 0 Å². The van der Waals surface area contributed by atoms with Crippen molar-refractivity contribution < 1.29 is 19.0 Å². The molecule has 0 spiro atoms. The van der Waals surface area contributed by atoms with Gasteiger partial charge in [-0.1, -0.05) is 41.9 Å². The molecular formula is C26H22ClNO4. The molecule has 0 fully saturated rings. The molecule has 5 rings (SSSR count). The van der Waals surface area contributed by atoms with Gasteiger partial charge in [0.05, 0.1) is 18.2 Å². The highest BCUT2D eigenvalue weighted by Crippen LogP contribution is 2.44. The summed E-state index contributed by atoms with van der Waals surface area (Å²) in [5, 5.41) is 0.570. The maximum Gasteiger partial charge on any atom is 0.232 e. The number of benzene rings is 3. The molecule has 0 saturated carbocycles. The molecule has 2 aliphatic rings. The fraction of sp³-hybridized carbons (Fsp3) is 0.192. The molecule has 2 aliphatic heterocycles. The van der Waals surface area contributed by atoms with Crippen molar-refractivity contribution >= 4 is 23.5 Å². The first-order valence-electron chi connectivity index (χ1n) is 10.4. The molecular weight excluding hydrogens is 426 g/mol. The number of aryl methyl sites for hydroxylation is 1. The minimum atomic E-state index is -0.132. The second-order valence-corrected chi connectivity index (χ2v) is 8.35. The average Bonchev–Trinajstić information content (AvgIpc) is 3.13. The number of fused-ring (bicyclic) bond motifs is 3. The summed E-state index contributed by atoms with van der Waals surface area (Å²) in [4.78, 5) is 15.3. The van der Waals surface area contributed by atoms with Crippen LogP contribution in [0.1, 0.15) is 32.6 Å². The SMILES string of the molecule is COc1ccc(CN2COc3cc(C)c4c(c3C2)O/C(=C\c2ccccc2Cl)C4=O)cc1. The molecule has 0 aromatic heterocycles. The van der Waals surface area contributed by atoms with Gasteiger partial charge in [0.1, 0.15) is 24.0 Å². The number of nitrogens with zero attached hydrogens (tertiary/aromatic N) is 1. The first-order valence-corrected chi connectivity index (χ1v) is 10.7. The highest BCUT2D eigenvalue weighted by atomic mass is 35.5. The largest absolute Gasteiger partial charge is 0.497 e. The number of ketones is 1. The van der Waals surface area contributed by atoms with Crippen molar-refractivity contribution in [1.82, 2.24) is 4.90 Å². The minimum absolute atomic E-state index is 0.132. The molecule has 0 amide bonds. The van der Waals surface area contributed by atoms with E-state index in [1.165, 1.54) is 0 Å². The normalized spacial score (nSPS) is 16.3. The topological polar surface area (TPSA) is 48.0 Å². The molecule has 0 saturated heterocycles. The third kappa shape index (κ3) is 3.74. The highest BCUT2D eigenvalue weighted by molar-refractivity contribution is 6.32. The van der Waals surface area contributed by atoms with Crippen LogP contribution in [0.15, 0.2) is 60.4 Å². The number of methoxy groups -OCH3 is 1. The fourth-order valence-electron chi connectivity index (χ4n) is 4.10. The first-order chi connectivity index (χ1) is 15.5. The van der Waals surface area contributed by atoms with E-state index in [1.54, 1.807) is 19.3 Å². The predicted octanol–water partition coefficient (Wildman–Crippen LogP) is 5.63. The Kier molecular flexibility index (Phi) is 5.37. The van der Waals surface area contributed by atoms with Crippen LogP contribution in [-0.4, -0.2) is 24.5 Å². The zero-order chi connectivity index (χ0) is 22.2. The van der Waals surface area contributed by atoms with E-state index in [4.69, 9.17) is 25.8 Å². The molecule has 0 bridgehead atoms. The number of carbonyl (C=O) groups excluding carboxylic acids is 1. The van der Waals surface area contributed by atoms with Crippen LogP contribution in [0.4, 0.5) is 0 Å². The summed E-state index contributed by atoms with van der Waals surface area (Å²) in [7, 11) is 1.66. The Balaban J connectivity index is 1.44. The summed E-state index contributed by atoms with van der Waals surface area (Å²) in [5.41, 5.74) is 4.22. The number of rotatable bonds is 4. The lowest BCUT2D eigenvalue weighted by Crippen LogP contribution is -2.31. The van der Waals surface area contributed by atoms with Gasteiger partial charge in [-0.2, -0.15) is 0 Å². The lowest BCUT2D eigenvalue weighted by Gasteiger charge is -2.30. The first kappa shape index (κ1) is 20.6. The van der Waals surface area contributed by atoms with Gasteiger partial charge in [0.15, 0.2) is 5.76 Å². The zero-order valence-electron chi connectivity index (χ0n) is 17.9. The van der Waals surface area contributed by atoms with Crippen molar-refractivity contribution in [2.24, 2.45) is 0 Å². The third-order valence-electron chi connectivity index (χ3n) is 5.74. The number of halogens is 1. The van der Waals surface area contributed by atoms with E-state index in [1.807, 2.05) is 55.5 Å². The van der Waals surface area contributed by atoms with E-state index in [2.05, 4.69) is 4.90 Å². The lowest BCUT2D eigenvalue weighted by molar-refractivity contribution is 0.0872. The Morgan fingerprint density at radius 2 is 1.94 bits per heavy atom. The number of Topliss-reactive ketones (excluding diaryl/α,β-unsaturated/α-hetero) is 1. The van der Waals surface area contributed by atoms with Crippen LogP contribution in [0.5, 0.6) is 17.2 Å². The molecule has 0 atom stereocenters. The van der Waals surface area contributed by atoms with Crippen LogP contribution in [-0.2, 0) is 13.1 Å². The Labute approximate surface area is 191 Å². The van der Waals surface area contributed by atoms with Gasteiger partial charge in [0, 0.05) is 18.1 Å². The predicted molar refractivity (Wildman–Crippen MR) is 123 cm³/mol. The van der Waals surface area contributed by atoms with Crippen LogP contribution in [0.2, 0.25) is 5.02 Å². The number of allylic oxidation sites excluding steroid dienone is 1. The van der Waals surface area contributed by atoms with Gasteiger partial charge in [0.2, 0.25) is 5.78 Å². The van der Waals surface area contributed by atoms with Crippen LogP contribution in [0.25, 0.3) is 6.08 Å². The second kappa shape index (κ2) is 8.34. The third-order valence-corrected chi connectivity index (χ3v) is 6.09. The molecule has 32 heavy (non-hydrogen) atoms. The highest BCUT2D eigenvalue weighted by Gasteiger charge is 2.35. The number of hydrogen-bond acceptors (Lipinski definition) is 5. The molecule has 0 unspecified atom stereocenters. The van der Waals surface area contributed by atoms with E-state index in [0.29, 0.717) is 36.2 Å². The number of ether oxygens (including phenoxy) is 3. The maximum atomic E-state index is 13.1. The Morgan fingerprint density at radius 1 is 1.16 bits per heavy atom. The van der Waals surface area contributed by atoms with Gasteiger partial charge in [-0.15, -0.1) is 0 Å². The van der Waals surface area contributed by atoms with E-state index >= 15 is 0 Å². The van der Waals surface area contributed by atoms with Gasteiger partial charge in [0.25, 0.3) is 0 Å². The summed E-state index contributed by atoms with van der Waals surface area (Å²) in [6, 6.07) is 17.3. The molecule has 5 nitrogen and oxygen atoms in total. The summed E-state index contributed by atoms with van der Waals surface area (Å²) in [6.45, 7) is 3.71. The molecule has 3 aromatic rings. The van der Waals surface area contributed by atoms with Gasteiger partial charge in [-0.05, 0) is 54.0 Å². The average molecular weight is 448 g/mol.